The van der Waals surface area contributed by atoms with Crippen LogP contribution in [0.5, 0.6) is 0 Å². The van der Waals surface area contributed by atoms with Crippen molar-refractivity contribution in [2.24, 2.45) is 5.92 Å². The summed E-state index contributed by atoms with van der Waals surface area (Å²) >= 11 is 0. The molecule has 1 atom stereocenters. The molecule has 1 N–H and O–H groups in total. The molecule has 0 spiro atoms. The van der Waals surface area contributed by atoms with Gasteiger partial charge in [-0.25, -0.2) is 0 Å². The maximum Gasteiger partial charge on any atom is 0.323 e. The molecule has 1 aliphatic rings. The van der Waals surface area contributed by atoms with Gasteiger partial charge in [0.1, 0.15) is 6.54 Å². The number of aliphatic carboxylic acids is 1. The number of fused-ring (bicyclic) bond motifs is 3. The van der Waals surface area contributed by atoms with Crippen LogP contribution < -0.4 is 0 Å². The lowest BCUT2D eigenvalue weighted by Crippen LogP contribution is -2.37. The third-order valence-electron chi connectivity index (χ3n) is 5.82. The summed E-state index contributed by atoms with van der Waals surface area (Å²) in [5.74, 6) is -0.761. The van der Waals surface area contributed by atoms with Crippen molar-refractivity contribution in [1.82, 2.24) is 14.5 Å². The van der Waals surface area contributed by atoms with E-state index < -0.39 is 5.97 Å². The lowest BCUT2D eigenvalue weighted by atomic mass is 9.85. The molecule has 1 unspecified atom stereocenters. The number of hydrogen-bond acceptors (Lipinski definition) is 3. The number of carboxylic acids is 1. The Morgan fingerprint density at radius 2 is 2.00 bits per heavy atom. The number of likely N-dealkylation sites (N-methyl/N-ethyl adjacent to an activating group) is 1. The van der Waals surface area contributed by atoms with Crippen LogP contribution in [0.2, 0.25) is 0 Å². The Kier molecular flexibility index (Phi) is 5.34. The summed E-state index contributed by atoms with van der Waals surface area (Å²) in [6.45, 7) is 0.596. The van der Waals surface area contributed by atoms with E-state index in [4.69, 9.17) is 0 Å². The quantitative estimate of drug-likeness (QED) is 0.701. The smallest absolute Gasteiger partial charge is 0.323 e. The summed E-state index contributed by atoms with van der Waals surface area (Å²) in [5.41, 5.74) is 4.12. The van der Waals surface area contributed by atoms with Crippen molar-refractivity contribution in [3.63, 3.8) is 0 Å². The molecule has 6 heteroatoms. The summed E-state index contributed by atoms with van der Waals surface area (Å²) in [5, 5.41) is 10.4. The first-order valence-electron chi connectivity index (χ1n) is 10.00. The minimum Gasteiger partial charge on any atom is -0.480 e. The number of carbonyl (C=O) groups is 2. The summed E-state index contributed by atoms with van der Waals surface area (Å²) in [6, 6.07) is 13.7. The molecule has 0 saturated heterocycles. The van der Waals surface area contributed by atoms with E-state index in [-0.39, 0.29) is 18.4 Å². The van der Waals surface area contributed by atoms with Gasteiger partial charge in [0.05, 0.1) is 0 Å². The normalized spacial score (nSPS) is 15.8. The molecule has 0 bridgehead atoms. The van der Waals surface area contributed by atoms with Crippen molar-refractivity contribution in [3.8, 4) is 0 Å². The molecular formula is C23H25N3O3. The molecule has 0 aliphatic heterocycles. The van der Waals surface area contributed by atoms with E-state index in [1.807, 2.05) is 54.1 Å². The van der Waals surface area contributed by atoms with Crippen LogP contribution in [0.3, 0.4) is 0 Å². The Labute approximate surface area is 169 Å². The van der Waals surface area contributed by atoms with E-state index in [2.05, 4.69) is 4.98 Å². The average molecular weight is 391 g/mol. The zero-order valence-electron chi connectivity index (χ0n) is 16.5. The third-order valence-corrected chi connectivity index (χ3v) is 5.82. The van der Waals surface area contributed by atoms with Gasteiger partial charge in [0.15, 0.2) is 0 Å². The van der Waals surface area contributed by atoms with E-state index >= 15 is 0 Å². The summed E-state index contributed by atoms with van der Waals surface area (Å²) < 4.78 is 1.90. The number of nitrogens with zero attached hydrogens (tertiary/aromatic N) is 3. The van der Waals surface area contributed by atoms with Crippen LogP contribution in [0.4, 0.5) is 0 Å². The summed E-state index contributed by atoms with van der Waals surface area (Å²) in [6.07, 6.45) is 4.64. The van der Waals surface area contributed by atoms with Gasteiger partial charge in [-0.1, -0.05) is 24.3 Å². The van der Waals surface area contributed by atoms with Crippen molar-refractivity contribution in [2.45, 2.75) is 32.2 Å². The third kappa shape index (κ3) is 3.88. The fourth-order valence-electron chi connectivity index (χ4n) is 4.38. The molecule has 0 radical (unpaired) electrons. The number of aromatic nitrogens is 2. The molecule has 3 aromatic rings. The number of benzene rings is 1. The number of para-hydroxylation sites is 1. The lowest BCUT2D eigenvalue weighted by Gasteiger charge is -2.27. The Morgan fingerprint density at radius 1 is 1.21 bits per heavy atom. The highest BCUT2D eigenvalue weighted by Gasteiger charge is 2.31. The Hall–Kier alpha value is -3.15. The highest BCUT2D eigenvalue weighted by Crippen LogP contribution is 2.35. The Morgan fingerprint density at radius 3 is 2.76 bits per heavy atom. The Bertz CT molecular complexity index is 1040. The number of carbonyl (C=O) groups excluding carboxylic acids is 1. The van der Waals surface area contributed by atoms with Gasteiger partial charge in [-0.3, -0.25) is 14.6 Å². The number of carboxylic acid groups (broad SMARTS) is 1. The van der Waals surface area contributed by atoms with E-state index in [0.29, 0.717) is 13.0 Å². The van der Waals surface area contributed by atoms with E-state index in [1.165, 1.54) is 0 Å². The van der Waals surface area contributed by atoms with Gasteiger partial charge >= 0.3 is 5.97 Å². The second-order valence-corrected chi connectivity index (χ2v) is 7.69. The van der Waals surface area contributed by atoms with Crippen LogP contribution >= 0.6 is 0 Å². The fraction of sp³-hybridized carbons (Fsp3) is 0.348. The van der Waals surface area contributed by atoms with Gasteiger partial charge in [0.2, 0.25) is 5.91 Å². The molecule has 1 aliphatic carbocycles. The van der Waals surface area contributed by atoms with Gasteiger partial charge in [-0.2, -0.15) is 0 Å². The fourth-order valence-corrected chi connectivity index (χ4v) is 4.38. The van der Waals surface area contributed by atoms with Gasteiger partial charge < -0.3 is 14.6 Å². The van der Waals surface area contributed by atoms with Gasteiger partial charge in [-0.15, -0.1) is 0 Å². The molecule has 6 nitrogen and oxygen atoms in total. The van der Waals surface area contributed by atoms with Crippen molar-refractivity contribution in [3.05, 3.63) is 65.6 Å². The number of pyridine rings is 1. The highest BCUT2D eigenvalue weighted by atomic mass is 16.4. The maximum absolute atomic E-state index is 13.1. The van der Waals surface area contributed by atoms with Crippen LogP contribution in [0.25, 0.3) is 10.9 Å². The van der Waals surface area contributed by atoms with E-state index in [1.54, 1.807) is 11.1 Å². The first-order chi connectivity index (χ1) is 14.0. The number of amides is 1. The summed E-state index contributed by atoms with van der Waals surface area (Å²) in [4.78, 5) is 30.5. The minimum absolute atomic E-state index is 0.0432. The number of rotatable bonds is 6. The lowest BCUT2D eigenvalue weighted by molar-refractivity contribution is -0.138. The Balaban J connectivity index is 1.52. The van der Waals surface area contributed by atoms with Crippen molar-refractivity contribution < 1.29 is 14.7 Å². The molecule has 4 rings (SSSR count). The monoisotopic (exact) mass is 391 g/mol. The topological polar surface area (TPSA) is 75.4 Å². The predicted molar refractivity (Wildman–Crippen MR) is 111 cm³/mol. The van der Waals surface area contributed by atoms with Crippen LogP contribution in [0.15, 0.2) is 48.7 Å². The highest BCUT2D eigenvalue weighted by molar-refractivity contribution is 5.88. The standard InChI is InChI=1S/C23H25N3O3/c1-25(13-11-17-6-4-5-12-24-17)23(29)16-9-10-21-19(14-16)18-7-2-3-8-20(18)26(21)15-22(27)28/h2-8,12,16H,9-11,13-15H2,1H3,(H,27,28). The molecule has 1 aromatic carbocycles. The number of hydrogen-bond donors (Lipinski definition) is 1. The van der Waals surface area contributed by atoms with E-state index in [9.17, 15) is 14.7 Å². The minimum atomic E-state index is -0.846. The van der Waals surface area contributed by atoms with Crippen LogP contribution in [0.1, 0.15) is 23.4 Å². The molecule has 2 heterocycles. The van der Waals surface area contributed by atoms with Crippen LogP contribution in [-0.4, -0.2) is 45.0 Å². The van der Waals surface area contributed by atoms with Gasteiger partial charge in [0, 0.05) is 54.4 Å². The van der Waals surface area contributed by atoms with Crippen molar-refractivity contribution in [2.75, 3.05) is 13.6 Å². The largest absolute Gasteiger partial charge is 0.480 e. The molecular weight excluding hydrogens is 366 g/mol. The van der Waals surface area contributed by atoms with Crippen molar-refractivity contribution >= 4 is 22.8 Å². The molecule has 150 valence electrons. The average Bonchev–Trinajstić information content (AvgIpc) is 3.05. The molecule has 2 aromatic heterocycles. The zero-order valence-corrected chi connectivity index (χ0v) is 16.5. The molecule has 29 heavy (non-hydrogen) atoms. The van der Waals surface area contributed by atoms with Crippen molar-refractivity contribution in [1.29, 1.82) is 0 Å². The molecule has 0 fully saturated rings. The van der Waals surface area contributed by atoms with Gasteiger partial charge in [-0.05, 0) is 43.0 Å². The SMILES string of the molecule is CN(CCc1ccccn1)C(=O)C1CCc2c(c3ccccc3n2CC(=O)O)C1. The zero-order chi connectivity index (χ0) is 20.4. The second-order valence-electron chi connectivity index (χ2n) is 7.69. The van der Waals surface area contributed by atoms with Crippen LogP contribution in [-0.2, 0) is 35.4 Å². The predicted octanol–water partition coefficient (Wildman–Crippen LogP) is 2.93. The molecule has 1 amide bonds. The van der Waals surface area contributed by atoms with E-state index in [0.717, 1.165) is 47.1 Å². The second kappa shape index (κ2) is 8.07. The maximum atomic E-state index is 13.1. The first kappa shape index (κ1) is 19.2. The first-order valence-corrected chi connectivity index (χ1v) is 10.00. The van der Waals surface area contributed by atoms with Crippen LogP contribution in [0, 0.1) is 5.92 Å². The molecule has 0 saturated carbocycles. The summed E-state index contributed by atoms with van der Waals surface area (Å²) in [7, 11) is 1.86. The van der Waals surface area contributed by atoms with Gasteiger partial charge in [0.25, 0.3) is 0 Å².